The number of halogens is 2. The minimum absolute atomic E-state index is 0.0439. The second kappa shape index (κ2) is 8.96. The lowest BCUT2D eigenvalue weighted by Gasteiger charge is -2.35. The van der Waals surface area contributed by atoms with E-state index in [4.69, 9.17) is 11.6 Å². The first-order valence-electron chi connectivity index (χ1n) is 9.50. The Kier molecular flexibility index (Phi) is 6.29. The number of hydrogen-bond acceptors (Lipinski definition) is 5. The molecule has 0 atom stereocenters. The molecule has 10 heteroatoms. The van der Waals surface area contributed by atoms with E-state index in [9.17, 15) is 17.6 Å². The maximum absolute atomic E-state index is 13.4. The van der Waals surface area contributed by atoms with Crippen molar-refractivity contribution in [3.05, 3.63) is 75.7 Å². The molecule has 31 heavy (non-hydrogen) atoms. The van der Waals surface area contributed by atoms with E-state index >= 15 is 0 Å². The van der Waals surface area contributed by atoms with Gasteiger partial charge in [-0.05, 0) is 41.8 Å². The molecule has 3 aromatic rings. The van der Waals surface area contributed by atoms with Gasteiger partial charge >= 0.3 is 0 Å². The summed E-state index contributed by atoms with van der Waals surface area (Å²) >= 11 is 7.29. The molecule has 1 aromatic heterocycles. The number of thiophene rings is 1. The van der Waals surface area contributed by atoms with Gasteiger partial charge in [-0.15, -0.1) is 11.3 Å². The van der Waals surface area contributed by atoms with E-state index in [-0.39, 0.29) is 28.5 Å². The number of sulfonamides is 1. The number of carbonyl (C=O) groups is 1. The molecule has 1 amide bonds. The van der Waals surface area contributed by atoms with Gasteiger partial charge in [-0.25, -0.2) is 12.8 Å². The van der Waals surface area contributed by atoms with Crippen LogP contribution in [0.5, 0.6) is 0 Å². The molecule has 4 rings (SSSR count). The smallest absolute Gasteiger partial charge is 0.267 e. The summed E-state index contributed by atoms with van der Waals surface area (Å²) in [6.45, 7) is 1.51. The van der Waals surface area contributed by atoms with E-state index < -0.39 is 21.7 Å². The van der Waals surface area contributed by atoms with Gasteiger partial charge in [0.1, 0.15) is 15.6 Å². The summed E-state index contributed by atoms with van der Waals surface area (Å²) in [5.41, 5.74) is 1.13. The summed E-state index contributed by atoms with van der Waals surface area (Å²) in [6, 6.07) is 14.3. The van der Waals surface area contributed by atoms with Crippen LogP contribution in [0.1, 0.15) is 9.67 Å². The molecule has 2 aromatic carbocycles. The van der Waals surface area contributed by atoms with Crippen molar-refractivity contribution in [2.75, 3.05) is 36.4 Å². The molecule has 1 aliphatic heterocycles. The maximum Gasteiger partial charge on any atom is 0.267 e. The Morgan fingerprint density at radius 2 is 1.77 bits per heavy atom. The predicted octanol–water partition coefficient (Wildman–Crippen LogP) is 4.30. The highest BCUT2D eigenvalue weighted by Crippen LogP contribution is 2.30. The number of anilines is 2. The molecular formula is C21H19ClFN3O3S2. The van der Waals surface area contributed by atoms with Crippen LogP contribution in [0.3, 0.4) is 0 Å². The summed E-state index contributed by atoms with van der Waals surface area (Å²) in [5.74, 6) is -1.08. The molecule has 1 saturated heterocycles. The van der Waals surface area contributed by atoms with Crippen molar-refractivity contribution in [2.24, 2.45) is 0 Å². The third-order valence-electron chi connectivity index (χ3n) is 4.97. The Balaban J connectivity index is 1.50. The van der Waals surface area contributed by atoms with Gasteiger partial charge in [0.2, 0.25) is 10.0 Å². The fourth-order valence-electron chi connectivity index (χ4n) is 3.44. The summed E-state index contributed by atoms with van der Waals surface area (Å²) in [7, 11) is -3.86. The van der Waals surface area contributed by atoms with Crippen LogP contribution in [0.4, 0.5) is 15.8 Å². The molecule has 0 unspecified atom stereocenters. The molecular weight excluding hydrogens is 461 g/mol. The maximum atomic E-state index is 13.4. The number of hydrogen-bond donors (Lipinski definition) is 1. The molecule has 1 fully saturated rings. The standard InChI is InChI=1S/C21H19ClFN3O3S2/c22-17-6-1-2-7-18(17)25-9-11-26(12-10-25)31(28,29)19-8-13-30-20(19)21(27)24-16-5-3-4-15(23)14-16/h1-8,13-14H,9-12H2,(H,24,27). The van der Waals surface area contributed by atoms with Crippen LogP contribution < -0.4 is 10.2 Å². The van der Waals surface area contributed by atoms with Crippen LogP contribution in [-0.4, -0.2) is 44.8 Å². The molecule has 1 N–H and O–H groups in total. The number of para-hydroxylation sites is 1. The number of nitrogens with one attached hydrogen (secondary N) is 1. The van der Waals surface area contributed by atoms with Crippen molar-refractivity contribution in [1.29, 1.82) is 0 Å². The molecule has 6 nitrogen and oxygen atoms in total. The van der Waals surface area contributed by atoms with Crippen LogP contribution >= 0.6 is 22.9 Å². The highest BCUT2D eigenvalue weighted by Gasteiger charge is 2.33. The Labute approximate surface area is 188 Å². The lowest BCUT2D eigenvalue weighted by molar-refractivity contribution is 0.102. The summed E-state index contributed by atoms with van der Waals surface area (Å²) in [6.07, 6.45) is 0. The number of rotatable bonds is 5. The van der Waals surface area contributed by atoms with Gasteiger partial charge < -0.3 is 10.2 Å². The number of nitrogens with zero attached hydrogens (tertiary/aromatic N) is 2. The first-order valence-corrected chi connectivity index (χ1v) is 12.2. The number of amides is 1. The van der Waals surface area contributed by atoms with Gasteiger partial charge in [-0.1, -0.05) is 29.8 Å². The van der Waals surface area contributed by atoms with Crippen molar-refractivity contribution in [1.82, 2.24) is 4.31 Å². The van der Waals surface area contributed by atoms with Crippen molar-refractivity contribution in [3.8, 4) is 0 Å². The lowest BCUT2D eigenvalue weighted by atomic mass is 10.2. The molecule has 0 saturated carbocycles. The van der Waals surface area contributed by atoms with Gasteiger partial charge in [-0.3, -0.25) is 4.79 Å². The second-order valence-corrected chi connectivity index (χ2v) is 10.2. The number of carbonyl (C=O) groups excluding carboxylic acids is 1. The van der Waals surface area contributed by atoms with E-state index in [1.165, 1.54) is 34.6 Å². The van der Waals surface area contributed by atoms with E-state index in [2.05, 4.69) is 5.32 Å². The van der Waals surface area contributed by atoms with E-state index in [0.717, 1.165) is 17.0 Å². The highest BCUT2D eigenvalue weighted by atomic mass is 35.5. The summed E-state index contributed by atoms with van der Waals surface area (Å²) < 4.78 is 41.2. The monoisotopic (exact) mass is 479 g/mol. The third kappa shape index (κ3) is 4.59. The zero-order valence-corrected chi connectivity index (χ0v) is 18.7. The van der Waals surface area contributed by atoms with Crippen molar-refractivity contribution >= 4 is 50.2 Å². The first-order chi connectivity index (χ1) is 14.9. The fourth-order valence-corrected chi connectivity index (χ4v) is 6.41. The zero-order chi connectivity index (χ0) is 22.0. The number of benzene rings is 2. The first kappa shape index (κ1) is 21.8. The van der Waals surface area contributed by atoms with Crippen LogP contribution in [0.25, 0.3) is 0 Å². The molecule has 0 spiro atoms. The normalized spacial score (nSPS) is 15.1. The third-order valence-corrected chi connectivity index (χ3v) is 8.27. The van der Waals surface area contributed by atoms with Gasteiger partial charge in [0.05, 0.1) is 10.7 Å². The Morgan fingerprint density at radius 3 is 2.48 bits per heavy atom. The van der Waals surface area contributed by atoms with Gasteiger partial charge in [0.15, 0.2) is 0 Å². The van der Waals surface area contributed by atoms with Crippen LogP contribution in [0.2, 0.25) is 5.02 Å². The fraction of sp³-hybridized carbons (Fsp3) is 0.190. The number of piperazine rings is 1. The molecule has 0 bridgehead atoms. The predicted molar refractivity (Wildman–Crippen MR) is 121 cm³/mol. The molecule has 2 heterocycles. The van der Waals surface area contributed by atoms with Crippen LogP contribution in [0, 0.1) is 5.82 Å². The van der Waals surface area contributed by atoms with Gasteiger partial charge in [0.25, 0.3) is 5.91 Å². The average Bonchev–Trinajstić information content (AvgIpc) is 3.25. The zero-order valence-electron chi connectivity index (χ0n) is 16.3. The Bertz CT molecular complexity index is 1210. The van der Waals surface area contributed by atoms with Gasteiger partial charge in [0, 0.05) is 31.9 Å². The van der Waals surface area contributed by atoms with Crippen LogP contribution in [0.15, 0.2) is 64.9 Å². The molecule has 162 valence electrons. The Hall–Kier alpha value is -2.46. The van der Waals surface area contributed by atoms with Gasteiger partial charge in [-0.2, -0.15) is 4.31 Å². The Morgan fingerprint density at radius 1 is 1.03 bits per heavy atom. The second-order valence-electron chi connectivity index (χ2n) is 6.92. The average molecular weight is 480 g/mol. The van der Waals surface area contributed by atoms with Crippen molar-refractivity contribution in [2.45, 2.75) is 4.90 Å². The lowest BCUT2D eigenvalue weighted by Crippen LogP contribution is -2.48. The van der Waals surface area contributed by atoms with Crippen molar-refractivity contribution in [3.63, 3.8) is 0 Å². The van der Waals surface area contributed by atoms with Crippen molar-refractivity contribution < 1.29 is 17.6 Å². The minimum atomic E-state index is -3.86. The molecule has 1 aliphatic rings. The summed E-state index contributed by atoms with van der Waals surface area (Å²) in [5, 5.41) is 4.74. The molecule has 0 aliphatic carbocycles. The topological polar surface area (TPSA) is 69.7 Å². The SMILES string of the molecule is O=C(Nc1cccc(F)c1)c1sccc1S(=O)(=O)N1CCN(c2ccccc2Cl)CC1. The van der Waals surface area contributed by atoms with E-state index in [1.807, 2.05) is 23.1 Å². The van der Waals surface area contributed by atoms with Crippen LogP contribution in [-0.2, 0) is 10.0 Å². The molecule has 0 radical (unpaired) electrons. The minimum Gasteiger partial charge on any atom is -0.368 e. The quantitative estimate of drug-likeness (QED) is 0.592. The largest absolute Gasteiger partial charge is 0.368 e. The summed E-state index contributed by atoms with van der Waals surface area (Å²) in [4.78, 5) is 14.7. The van der Waals surface area contributed by atoms with E-state index in [0.29, 0.717) is 18.1 Å². The highest BCUT2D eigenvalue weighted by molar-refractivity contribution is 7.89. The van der Waals surface area contributed by atoms with E-state index in [1.54, 1.807) is 11.4 Å².